The van der Waals surface area contributed by atoms with Gasteiger partial charge in [-0.3, -0.25) is 4.79 Å². The Morgan fingerprint density at radius 2 is 2.00 bits per heavy atom. The highest BCUT2D eigenvalue weighted by molar-refractivity contribution is 7.89. The Hall–Kier alpha value is -2.59. The highest BCUT2D eigenvalue weighted by atomic mass is 35.5. The van der Waals surface area contributed by atoms with E-state index in [2.05, 4.69) is 4.98 Å². The number of benzene rings is 2. The Morgan fingerprint density at radius 3 is 2.74 bits per heavy atom. The normalized spacial score (nSPS) is 19.9. The highest BCUT2D eigenvalue weighted by Crippen LogP contribution is 2.36. The molecular weight excluding hydrogens is 490 g/mol. The minimum Gasteiger partial charge on any atom is -0.490 e. The molecule has 0 amide bonds. The van der Waals surface area contributed by atoms with Gasteiger partial charge in [-0.25, -0.2) is 8.42 Å². The molecule has 2 atom stereocenters. The third kappa shape index (κ3) is 4.65. The number of para-hydroxylation sites is 1. The van der Waals surface area contributed by atoms with Crippen LogP contribution in [0.25, 0.3) is 10.9 Å². The number of aryl methyl sites for hydroxylation is 1. The molecule has 0 radical (unpaired) electrons. The quantitative estimate of drug-likeness (QED) is 0.536. The van der Waals surface area contributed by atoms with Crippen molar-refractivity contribution < 1.29 is 18.3 Å². The van der Waals surface area contributed by atoms with Crippen molar-refractivity contribution in [1.82, 2.24) is 9.29 Å². The number of rotatable bonds is 5. The Bertz CT molecular complexity index is 1410. The Morgan fingerprint density at radius 1 is 1.20 bits per heavy atom. The molecule has 1 aromatic heterocycles. The summed E-state index contributed by atoms with van der Waals surface area (Å²) in [6.45, 7) is 2.99. The number of sulfonamides is 1. The maximum Gasteiger partial charge on any atom is 0.252 e. The standard InChI is InChI=1S/C25H29N3O5S.ClH/c1-16-5-3-6-17-13-18(25(30)26-24(16)17)15-28(20-7-4-8-22(20)29)34(31,32)19-9-10-21-23(14-19)33-12-11-27(21)2;/h3,5-6,9-10,13-14,20,22,29H,4,7-8,11-12,15H2,1-2H3,(H,26,30);1H. The number of aromatic amines is 1. The molecule has 3 aromatic rings. The minimum absolute atomic E-state index is 0. The third-order valence-electron chi connectivity index (χ3n) is 6.94. The van der Waals surface area contributed by atoms with E-state index in [1.807, 2.05) is 37.1 Å². The zero-order valence-electron chi connectivity index (χ0n) is 19.7. The minimum atomic E-state index is -4.02. The van der Waals surface area contributed by atoms with Gasteiger partial charge >= 0.3 is 0 Å². The molecule has 10 heteroatoms. The van der Waals surface area contributed by atoms with Gasteiger partial charge in [-0.05, 0) is 55.3 Å². The van der Waals surface area contributed by atoms with Gasteiger partial charge in [0.15, 0.2) is 0 Å². The summed E-state index contributed by atoms with van der Waals surface area (Å²) in [5, 5.41) is 11.5. The topological polar surface area (TPSA) is 103 Å². The molecule has 8 nitrogen and oxygen atoms in total. The lowest BCUT2D eigenvalue weighted by molar-refractivity contribution is 0.110. The third-order valence-corrected chi connectivity index (χ3v) is 8.81. The Kier molecular flexibility index (Phi) is 7.15. The van der Waals surface area contributed by atoms with Gasteiger partial charge in [0.05, 0.1) is 34.8 Å². The zero-order valence-corrected chi connectivity index (χ0v) is 21.4. The van der Waals surface area contributed by atoms with Crippen molar-refractivity contribution in [3.05, 3.63) is 63.9 Å². The number of pyridine rings is 1. The van der Waals surface area contributed by atoms with Gasteiger partial charge in [-0.1, -0.05) is 18.2 Å². The van der Waals surface area contributed by atoms with E-state index in [1.54, 1.807) is 24.3 Å². The van der Waals surface area contributed by atoms with Crippen LogP contribution < -0.4 is 15.2 Å². The van der Waals surface area contributed by atoms with Crippen LogP contribution in [-0.4, -0.2) is 55.2 Å². The lowest BCUT2D eigenvalue weighted by Crippen LogP contribution is -2.44. The van der Waals surface area contributed by atoms with E-state index in [9.17, 15) is 18.3 Å². The molecule has 1 saturated carbocycles. The molecule has 1 fully saturated rings. The summed E-state index contributed by atoms with van der Waals surface area (Å²) in [6.07, 6.45) is 1.01. The van der Waals surface area contributed by atoms with Crippen LogP contribution in [0.5, 0.6) is 5.75 Å². The van der Waals surface area contributed by atoms with Crippen molar-refractivity contribution in [2.24, 2.45) is 0 Å². The van der Waals surface area contributed by atoms with Crippen LogP contribution in [0.4, 0.5) is 5.69 Å². The fraction of sp³-hybridized carbons (Fsp3) is 0.400. The summed E-state index contributed by atoms with van der Waals surface area (Å²) < 4.78 is 34.8. The second-order valence-corrected chi connectivity index (χ2v) is 11.1. The molecule has 1 aliphatic heterocycles. The number of aromatic nitrogens is 1. The number of hydrogen-bond donors (Lipinski definition) is 2. The average molecular weight is 520 g/mol. The first-order valence-corrected chi connectivity index (χ1v) is 13.0. The lowest BCUT2D eigenvalue weighted by atomic mass is 10.1. The number of nitrogens with one attached hydrogen (secondary N) is 1. The van der Waals surface area contributed by atoms with E-state index in [0.717, 1.165) is 35.1 Å². The van der Waals surface area contributed by atoms with Gasteiger partial charge in [0.1, 0.15) is 12.4 Å². The van der Waals surface area contributed by atoms with Gasteiger partial charge < -0.3 is 19.7 Å². The first-order chi connectivity index (χ1) is 16.3. The highest BCUT2D eigenvalue weighted by Gasteiger charge is 2.39. The summed E-state index contributed by atoms with van der Waals surface area (Å²) >= 11 is 0. The number of nitrogens with zero attached hydrogens (tertiary/aromatic N) is 2. The van der Waals surface area contributed by atoms with Gasteiger partial charge in [-0.15, -0.1) is 12.4 Å². The van der Waals surface area contributed by atoms with Crippen LogP contribution in [0.2, 0.25) is 0 Å². The van der Waals surface area contributed by atoms with E-state index < -0.39 is 22.2 Å². The summed E-state index contributed by atoms with van der Waals surface area (Å²) in [7, 11) is -2.09. The van der Waals surface area contributed by atoms with E-state index in [1.165, 1.54) is 4.31 Å². The number of halogens is 1. The molecule has 1 aliphatic carbocycles. The van der Waals surface area contributed by atoms with Gasteiger partial charge in [0.25, 0.3) is 5.56 Å². The second kappa shape index (κ2) is 9.81. The van der Waals surface area contributed by atoms with E-state index in [0.29, 0.717) is 30.8 Å². The molecule has 2 unspecified atom stereocenters. The molecule has 188 valence electrons. The van der Waals surface area contributed by atoms with Gasteiger partial charge in [0.2, 0.25) is 10.0 Å². The van der Waals surface area contributed by atoms with Crippen molar-refractivity contribution in [2.45, 2.75) is 49.8 Å². The molecule has 0 saturated heterocycles. The van der Waals surface area contributed by atoms with Crippen molar-refractivity contribution in [3.8, 4) is 5.75 Å². The van der Waals surface area contributed by atoms with Crippen molar-refractivity contribution in [3.63, 3.8) is 0 Å². The molecule has 2 heterocycles. The number of aliphatic hydroxyl groups excluding tert-OH is 1. The summed E-state index contributed by atoms with van der Waals surface area (Å²) in [4.78, 5) is 18.0. The van der Waals surface area contributed by atoms with Crippen LogP contribution in [0.15, 0.2) is 52.2 Å². The monoisotopic (exact) mass is 519 g/mol. The lowest BCUT2D eigenvalue weighted by Gasteiger charge is -2.31. The number of anilines is 1. The predicted molar refractivity (Wildman–Crippen MR) is 138 cm³/mol. The van der Waals surface area contributed by atoms with Crippen molar-refractivity contribution >= 4 is 39.0 Å². The maximum atomic E-state index is 13.9. The first kappa shape index (κ1) is 25.5. The van der Waals surface area contributed by atoms with Crippen molar-refractivity contribution in [2.75, 3.05) is 25.1 Å². The van der Waals surface area contributed by atoms with E-state index >= 15 is 0 Å². The summed E-state index contributed by atoms with van der Waals surface area (Å²) in [6, 6.07) is 11.7. The van der Waals surface area contributed by atoms with Crippen LogP contribution in [-0.2, 0) is 16.6 Å². The Labute approximate surface area is 211 Å². The van der Waals surface area contributed by atoms with Crippen LogP contribution in [0.1, 0.15) is 30.4 Å². The smallest absolute Gasteiger partial charge is 0.252 e. The molecular formula is C25H30ClN3O5S. The van der Waals surface area contributed by atoms with Crippen LogP contribution in [0.3, 0.4) is 0 Å². The molecule has 35 heavy (non-hydrogen) atoms. The number of aliphatic hydroxyl groups is 1. The van der Waals surface area contributed by atoms with Crippen LogP contribution in [0, 0.1) is 6.92 Å². The molecule has 0 spiro atoms. The summed E-state index contributed by atoms with van der Waals surface area (Å²) in [5.74, 6) is 0.515. The van der Waals surface area contributed by atoms with Gasteiger partial charge in [0, 0.05) is 25.2 Å². The summed E-state index contributed by atoms with van der Waals surface area (Å²) in [5.41, 5.74) is 2.52. The van der Waals surface area contributed by atoms with Crippen LogP contribution >= 0.6 is 12.4 Å². The molecule has 2 aromatic carbocycles. The van der Waals surface area contributed by atoms with E-state index in [4.69, 9.17) is 4.74 Å². The number of likely N-dealkylation sites (N-methyl/N-ethyl adjacent to an activating group) is 1. The van der Waals surface area contributed by atoms with Gasteiger partial charge in [-0.2, -0.15) is 4.31 Å². The average Bonchev–Trinajstić information content (AvgIpc) is 3.23. The fourth-order valence-corrected chi connectivity index (χ4v) is 6.66. The van der Waals surface area contributed by atoms with E-state index in [-0.39, 0.29) is 29.4 Å². The number of hydrogen-bond acceptors (Lipinski definition) is 6. The number of fused-ring (bicyclic) bond motifs is 2. The number of H-pyrrole nitrogens is 1. The molecule has 0 bridgehead atoms. The molecule has 2 aliphatic rings. The largest absolute Gasteiger partial charge is 0.490 e. The molecule has 5 rings (SSSR count). The van der Waals surface area contributed by atoms with Crippen molar-refractivity contribution in [1.29, 1.82) is 0 Å². The first-order valence-electron chi connectivity index (χ1n) is 11.5. The maximum absolute atomic E-state index is 13.9. The number of ether oxygens (including phenoxy) is 1. The predicted octanol–water partition coefficient (Wildman–Crippen LogP) is 3.19. The molecule has 2 N–H and O–H groups in total. The fourth-order valence-electron chi connectivity index (χ4n) is 4.99. The Balaban J connectivity index is 0.00000289. The SMILES string of the molecule is Cc1cccc2cc(CN(C3CCCC3O)S(=O)(=O)c3ccc4c(c3)OCCN4C)c(=O)[nH]c12.Cl. The second-order valence-electron chi connectivity index (χ2n) is 9.18. The zero-order chi connectivity index (χ0) is 24.0.